The Balaban J connectivity index is 1.84. The number of rotatable bonds is 7. The van der Waals surface area contributed by atoms with Gasteiger partial charge >= 0.3 is 17.8 Å². The molecule has 0 aliphatic heterocycles. The molecular formula is C19H19N3O5. The number of benzene rings is 2. The maximum absolute atomic E-state index is 11.4. The van der Waals surface area contributed by atoms with Gasteiger partial charge in [0.25, 0.3) is 0 Å². The van der Waals surface area contributed by atoms with Crippen molar-refractivity contribution in [1.82, 2.24) is 10.7 Å². The van der Waals surface area contributed by atoms with E-state index in [-0.39, 0.29) is 5.56 Å². The summed E-state index contributed by atoms with van der Waals surface area (Å²) in [4.78, 5) is 33.4. The molecule has 2 rings (SSSR count). The number of nitrogens with zero attached hydrogens (tertiary/aromatic N) is 1. The second kappa shape index (κ2) is 9.71. The molecule has 2 amide bonds. The molecule has 27 heavy (non-hydrogen) atoms. The van der Waals surface area contributed by atoms with Gasteiger partial charge in [0.05, 0.1) is 11.8 Å². The van der Waals surface area contributed by atoms with Crippen molar-refractivity contribution < 1.29 is 24.2 Å². The van der Waals surface area contributed by atoms with Crippen molar-refractivity contribution in [3.8, 4) is 5.75 Å². The first-order valence-electron chi connectivity index (χ1n) is 8.16. The third kappa shape index (κ3) is 6.28. The Morgan fingerprint density at radius 1 is 1.04 bits per heavy atom. The summed E-state index contributed by atoms with van der Waals surface area (Å²) in [7, 11) is 0. The van der Waals surface area contributed by atoms with Gasteiger partial charge in [-0.3, -0.25) is 9.59 Å². The third-order valence-corrected chi connectivity index (χ3v) is 3.41. The molecule has 0 unspecified atom stereocenters. The minimum absolute atomic E-state index is 0.224. The number of hydrogen-bond donors (Lipinski definition) is 3. The minimum Gasteiger partial charge on any atom is -0.489 e. The predicted octanol–water partition coefficient (Wildman–Crippen LogP) is 1.55. The lowest BCUT2D eigenvalue weighted by atomic mass is 10.1. The highest BCUT2D eigenvalue weighted by Crippen LogP contribution is 2.14. The van der Waals surface area contributed by atoms with E-state index in [1.54, 1.807) is 43.3 Å². The van der Waals surface area contributed by atoms with Crippen molar-refractivity contribution in [3.05, 3.63) is 65.2 Å². The summed E-state index contributed by atoms with van der Waals surface area (Å²) in [6.07, 6.45) is 1.41. The Morgan fingerprint density at radius 3 is 2.30 bits per heavy atom. The average molecular weight is 369 g/mol. The normalized spacial score (nSPS) is 10.4. The molecule has 0 heterocycles. The first-order valence-corrected chi connectivity index (χ1v) is 8.16. The molecule has 0 atom stereocenters. The van der Waals surface area contributed by atoms with Crippen LogP contribution >= 0.6 is 0 Å². The molecule has 0 fully saturated rings. The van der Waals surface area contributed by atoms with Gasteiger partial charge < -0.3 is 15.2 Å². The molecule has 140 valence electrons. The molecule has 0 aliphatic carbocycles. The molecule has 0 aliphatic rings. The van der Waals surface area contributed by atoms with Gasteiger partial charge in [-0.05, 0) is 54.4 Å². The molecule has 8 heteroatoms. The van der Waals surface area contributed by atoms with E-state index in [4.69, 9.17) is 9.84 Å². The number of carbonyl (C=O) groups excluding carboxylic acids is 2. The molecular weight excluding hydrogens is 350 g/mol. The summed E-state index contributed by atoms with van der Waals surface area (Å²) >= 11 is 0. The van der Waals surface area contributed by atoms with E-state index in [9.17, 15) is 14.4 Å². The fourth-order valence-corrected chi connectivity index (χ4v) is 2.02. The van der Waals surface area contributed by atoms with Crippen molar-refractivity contribution in [2.24, 2.45) is 5.10 Å². The molecule has 8 nitrogen and oxygen atoms in total. The molecule has 0 saturated heterocycles. The number of amides is 2. The van der Waals surface area contributed by atoms with Crippen molar-refractivity contribution in [2.75, 3.05) is 6.54 Å². The number of hydrogen-bond acceptors (Lipinski definition) is 5. The third-order valence-electron chi connectivity index (χ3n) is 3.41. The Morgan fingerprint density at radius 2 is 1.70 bits per heavy atom. The zero-order chi connectivity index (χ0) is 19.6. The molecule has 0 bridgehead atoms. The predicted molar refractivity (Wildman–Crippen MR) is 98.6 cm³/mol. The number of aromatic carboxylic acids is 1. The van der Waals surface area contributed by atoms with Gasteiger partial charge in [-0.25, -0.2) is 10.2 Å². The van der Waals surface area contributed by atoms with E-state index in [2.05, 4.69) is 15.8 Å². The van der Waals surface area contributed by atoms with Crippen LogP contribution in [-0.4, -0.2) is 35.6 Å². The number of carbonyl (C=O) groups is 3. The van der Waals surface area contributed by atoms with Crippen LogP contribution < -0.4 is 15.5 Å². The zero-order valence-corrected chi connectivity index (χ0v) is 14.6. The van der Waals surface area contributed by atoms with Crippen LogP contribution in [0.4, 0.5) is 0 Å². The van der Waals surface area contributed by atoms with Crippen LogP contribution in [0.25, 0.3) is 0 Å². The SMILES string of the molecule is CCNC(=O)C(=O)N/N=C\c1ccc(OCc2ccc(C(=O)O)cc2)cc1. The lowest BCUT2D eigenvalue weighted by molar-refractivity contribution is -0.139. The van der Waals surface area contributed by atoms with Gasteiger partial charge in [-0.1, -0.05) is 12.1 Å². The molecule has 0 saturated carbocycles. The maximum atomic E-state index is 11.4. The van der Waals surface area contributed by atoms with Gasteiger partial charge in [0.2, 0.25) is 0 Å². The van der Waals surface area contributed by atoms with Gasteiger partial charge in [0.15, 0.2) is 0 Å². The van der Waals surface area contributed by atoms with Gasteiger partial charge in [0.1, 0.15) is 12.4 Å². The number of nitrogens with one attached hydrogen (secondary N) is 2. The minimum atomic E-state index is -0.970. The first-order chi connectivity index (χ1) is 13.0. The standard InChI is InChI=1S/C19H19N3O5/c1-2-20-17(23)18(24)22-21-11-13-5-9-16(10-6-13)27-12-14-3-7-15(8-4-14)19(25)26/h3-11H,2,12H2,1H3,(H,20,23)(H,22,24)(H,25,26)/b21-11-. The fraction of sp³-hybridized carbons (Fsp3) is 0.158. The summed E-state index contributed by atoms with van der Waals surface area (Å²) < 4.78 is 5.63. The van der Waals surface area contributed by atoms with Crippen LogP contribution in [0.15, 0.2) is 53.6 Å². The number of likely N-dealkylation sites (N-methyl/N-ethyl adjacent to an activating group) is 1. The van der Waals surface area contributed by atoms with Crippen LogP contribution in [-0.2, 0) is 16.2 Å². The topological polar surface area (TPSA) is 117 Å². The summed E-state index contributed by atoms with van der Waals surface area (Å²) in [5.41, 5.74) is 3.92. The summed E-state index contributed by atoms with van der Waals surface area (Å²) in [5, 5.41) is 15.0. The molecule has 0 aromatic heterocycles. The maximum Gasteiger partial charge on any atom is 0.335 e. The number of carboxylic acids is 1. The Bertz CT molecular complexity index is 829. The van der Waals surface area contributed by atoms with E-state index in [0.29, 0.717) is 24.5 Å². The Labute approximate surface area is 155 Å². The Hall–Kier alpha value is -3.68. The second-order valence-corrected chi connectivity index (χ2v) is 5.42. The summed E-state index contributed by atoms with van der Waals surface area (Å²) in [5.74, 6) is -1.92. The van der Waals surface area contributed by atoms with E-state index < -0.39 is 17.8 Å². The van der Waals surface area contributed by atoms with Crippen molar-refractivity contribution >= 4 is 24.0 Å². The largest absolute Gasteiger partial charge is 0.489 e. The fourth-order valence-electron chi connectivity index (χ4n) is 2.02. The van der Waals surface area contributed by atoms with E-state index in [0.717, 1.165) is 5.56 Å². The van der Waals surface area contributed by atoms with Gasteiger partial charge in [-0.2, -0.15) is 5.10 Å². The van der Waals surface area contributed by atoms with E-state index >= 15 is 0 Å². The molecule has 0 spiro atoms. The summed E-state index contributed by atoms with van der Waals surface area (Å²) in [6.45, 7) is 2.38. The van der Waals surface area contributed by atoms with Crippen molar-refractivity contribution in [1.29, 1.82) is 0 Å². The number of hydrazone groups is 1. The lowest BCUT2D eigenvalue weighted by Gasteiger charge is -2.07. The number of ether oxygens (including phenoxy) is 1. The van der Waals surface area contributed by atoms with Gasteiger partial charge in [-0.15, -0.1) is 0 Å². The van der Waals surface area contributed by atoms with E-state index in [1.165, 1.54) is 18.3 Å². The smallest absolute Gasteiger partial charge is 0.335 e. The van der Waals surface area contributed by atoms with Crippen LogP contribution in [0.2, 0.25) is 0 Å². The molecule has 2 aromatic rings. The van der Waals surface area contributed by atoms with Crippen LogP contribution in [0.3, 0.4) is 0 Å². The molecule has 2 aromatic carbocycles. The lowest BCUT2D eigenvalue weighted by Crippen LogP contribution is -2.37. The highest BCUT2D eigenvalue weighted by Gasteiger charge is 2.10. The Kier molecular flexibility index (Phi) is 7.07. The van der Waals surface area contributed by atoms with Crippen molar-refractivity contribution in [3.63, 3.8) is 0 Å². The summed E-state index contributed by atoms with van der Waals surface area (Å²) in [6, 6.07) is 13.4. The van der Waals surface area contributed by atoms with E-state index in [1.807, 2.05) is 0 Å². The molecule has 0 radical (unpaired) electrons. The monoisotopic (exact) mass is 369 g/mol. The second-order valence-electron chi connectivity index (χ2n) is 5.42. The van der Waals surface area contributed by atoms with Crippen LogP contribution in [0.1, 0.15) is 28.4 Å². The highest BCUT2D eigenvalue weighted by molar-refractivity contribution is 6.35. The van der Waals surface area contributed by atoms with Crippen LogP contribution in [0.5, 0.6) is 5.75 Å². The molecule has 3 N–H and O–H groups in total. The highest BCUT2D eigenvalue weighted by atomic mass is 16.5. The van der Waals surface area contributed by atoms with Gasteiger partial charge in [0, 0.05) is 6.54 Å². The number of carboxylic acid groups (broad SMARTS) is 1. The first kappa shape index (κ1) is 19.6. The van der Waals surface area contributed by atoms with Crippen molar-refractivity contribution in [2.45, 2.75) is 13.5 Å². The quantitative estimate of drug-likeness (QED) is 0.389. The van der Waals surface area contributed by atoms with Crippen LogP contribution in [0, 0.1) is 0 Å². The average Bonchev–Trinajstić information content (AvgIpc) is 2.67. The zero-order valence-electron chi connectivity index (χ0n) is 14.6.